The summed E-state index contributed by atoms with van der Waals surface area (Å²) in [4.78, 5) is 12.7. The number of aromatic amines is 1. The normalized spacial score (nSPS) is 10.7. The maximum atomic E-state index is 12.7. The molecule has 1 heterocycles. The average Bonchev–Trinajstić information content (AvgIpc) is 3.34. The summed E-state index contributed by atoms with van der Waals surface area (Å²) in [5.74, 6) is 2.52. The number of rotatable bonds is 10. The van der Waals surface area contributed by atoms with E-state index >= 15 is 0 Å². The van der Waals surface area contributed by atoms with Crippen molar-refractivity contribution >= 4 is 11.9 Å². The van der Waals surface area contributed by atoms with Gasteiger partial charge in [0, 0.05) is 11.1 Å². The Hall–Kier alpha value is -4.14. The van der Waals surface area contributed by atoms with Crippen LogP contribution in [0.5, 0.6) is 34.5 Å². The van der Waals surface area contributed by atoms with Gasteiger partial charge in [0.2, 0.25) is 11.5 Å². The second-order valence-electron chi connectivity index (χ2n) is 6.73. The number of methoxy groups -OCH3 is 6. The largest absolute Gasteiger partial charge is 0.493 e. The number of allylic oxidation sites excluding steroid dienone is 1. The van der Waals surface area contributed by atoms with Crippen molar-refractivity contribution < 1.29 is 33.2 Å². The molecule has 2 aromatic carbocycles. The molecule has 0 aliphatic carbocycles. The molecule has 0 saturated carbocycles. The number of carbonyl (C=O) groups excluding carboxylic acids is 1. The van der Waals surface area contributed by atoms with Crippen LogP contribution in [0.1, 0.15) is 16.1 Å². The molecule has 0 bridgehead atoms. The molecule has 0 aliphatic heterocycles. The summed E-state index contributed by atoms with van der Waals surface area (Å²) in [6.45, 7) is 0. The number of aromatic nitrogens is 2. The molecule has 174 valence electrons. The topological polar surface area (TPSA) is 101 Å². The lowest BCUT2D eigenvalue weighted by Gasteiger charge is -2.13. The summed E-state index contributed by atoms with van der Waals surface area (Å²) >= 11 is 0. The first-order chi connectivity index (χ1) is 16.0. The Balaban J connectivity index is 1.87. The van der Waals surface area contributed by atoms with E-state index in [1.165, 1.54) is 27.4 Å². The molecule has 1 aromatic heterocycles. The van der Waals surface area contributed by atoms with Crippen LogP contribution in [0.2, 0.25) is 0 Å². The lowest BCUT2D eigenvalue weighted by atomic mass is 10.1. The Morgan fingerprint density at radius 1 is 0.727 bits per heavy atom. The number of hydrogen-bond acceptors (Lipinski definition) is 8. The lowest BCUT2D eigenvalue weighted by molar-refractivity contribution is 0.104. The van der Waals surface area contributed by atoms with Crippen LogP contribution in [0.25, 0.3) is 17.3 Å². The fourth-order valence-corrected chi connectivity index (χ4v) is 3.28. The van der Waals surface area contributed by atoms with Crippen molar-refractivity contribution in [2.75, 3.05) is 42.7 Å². The molecule has 0 amide bonds. The lowest BCUT2D eigenvalue weighted by Crippen LogP contribution is -2.00. The van der Waals surface area contributed by atoms with Gasteiger partial charge in [0.05, 0.1) is 54.0 Å². The molecule has 0 aliphatic rings. The maximum Gasteiger partial charge on any atom is 0.203 e. The van der Waals surface area contributed by atoms with Gasteiger partial charge in [0.25, 0.3) is 0 Å². The Bertz CT molecular complexity index is 1120. The van der Waals surface area contributed by atoms with Crippen molar-refractivity contribution in [3.63, 3.8) is 0 Å². The van der Waals surface area contributed by atoms with Crippen LogP contribution in [0.3, 0.4) is 0 Å². The van der Waals surface area contributed by atoms with Gasteiger partial charge in [0.1, 0.15) is 0 Å². The van der Waals surface area contributed by atoms with Gasteiger partial charge in [0.15, 0.2) is 28.8 Å². The molecule has 3 aromatic rings. The molecule has 1 N–H and O–H groups in total. The van der Waals surface area contributed by atoms with Crippen molar-refractivity contribution in [1.29, 1.82) is 0 Å². The second kappa shape index (κ2) is 10.4. The van der Waals surface area contributed by atoms with Gasteiger partial charge in [-0.1, -0.05) is 0 Å². The van der Waals surface area contributed by atoms with Crippen LogP contribution in [-0.4, -0.2) is 58.6 Å². The van der Waals surface area contributed by atoms with Crippen LogP contribution >= 0.6 is 0 Å². The van der Waals surface area contributed by atoms with E-state index in [0.29, 0.717) is 51.4 Å². The number of carbonyl (C=O) groups is 1. The number of hydrogen-bond donors (Lipinski definition) is 1. The fraction of sp³-hybridized carbons (Fsp3) is 0.250. The zero-order chi connectivity index (χ0) is 24.0. The first kappa shape index (κ1) is 23.5. The predicted molar refractivity (Wildman–Crippen MR) is 123 cm³/mol. The van der Waals surface area contributed by atoms with Crippen molar-refractivity contribution in [3.8, 4) is 45.8 Å². The average molecular weight is 454 g/mol. The van der Waals surface area contributed by atoms with Crippen LogP contribution in [0.4, 0.5) is 0 Å². The van der Waals surface area contributed by atoms with Crippen LogP contribution in [-0.2, 0) is 0 Å². The minimum atomic E-state index is -0.238. The van der Waals surface area contributed by atoms with Gasteiger partial charge >= 0.3 is 0 Å². The maximum absolute atomic E-state index is 12.7. The molecule has 0 atom stereocenters. The van der Waals surface area contributed by atoms with Crippen molar-refractivity contribution in [1.82, 2.24) is 10.2 Å². The van der Waals surface area contributed by atoms with Gasteiger partial charge in [-0.3, -0.25) is 9.89 Å². The van der Waals surface area contributed by atoms with Gasteiger partial charge in [-0.15, -0.1) is 0 Å². The monoisotopic (exact) mass is 454 g/mol. The summed E-state index contributed by atoms with van der Waals surface area (Å²) in [5.41, 5.74) is 2.44. The molecule has 0 fully saturated rings. The Morgan fingerprint density at radius 2 is 1.21 bits per heavy atom. The van der Waals surface area contributed by atoms with Gasteiger partial charge in [-0.25, -0.2) is 0 Å². The van der Waals surface area contributed by atoms with E-state index in [2.05, 4.69) is 10.2 Å². The number of ether oxygens (including phenoxy) is 6. The summed E-state index contributed by atoms with van der Waals surface area (Å²) in [6.07, 6.45) is 3.08. The van der Waals surface area contributed by atoms with E-state index in [9.17, 15) is 4.79 Å². The number of nitrogens with one attached hydrogen (secondary N) is 1. The highest BCUT2D eigenvalue weighted by Crippen LogP contribution is 2.41. The Kier molecular flexibility index (Phi) is 7.45. The molecule has 0 radical (unpaired) electrons. The van der Waals surface area contributed by atoms with Crippen molar-refractivity contribution in [3.05, 3.63) is 47.7 Å². The third-order valence-electron chi connectivity index (χ3n) is 4.92. The quantitative estimate of drug-likeness (QED) is 0.362. The summed E-state index contributed by atoms with van der Waals surface area (Å²) in [5, 5.41) is 7.23. The Morgan fingerprint density at radius 3 is 1.67 bits per heavy atom. The highest BCUT2D eigenvalue weighted by atomic mass is 16.5. The summed E-state index contributed by atoms with van der Waals surface area (Å²) in [7, 11) is 9.14. The molecule has 9 heteroatoms. The van der Waals surface area contributed by atoms with Gasteiger partial charge in [-0.05, 0) is 42.5 Å². The third-order valence-corrected chi connectivity index (χ3v) is 4.92. The highest BCUT2D eigenvalue weighted by Gasteiger charge is 2.17. The molecule has 0 unspecified atom stereocenters. The van der Waals surface area contributed by atoms with E-state index in [-0.39, 0.29) is 5.78 Å². The zero-order valence-electron chi connectivity index (χ0n) is 19.3. The van der Waals surface area contributed by atoms with Gasteiger partial charge < -0.3 is 28.4 Å². The molecule has 3 rings (SSSR count). The molecule has 0 spiro atoms. The van der Waals surface area contributed by atoms with E-state index in [1.54, 1.807) is 57.7 Å². The summed E-state index contributed by atoms with van der Waals surface area (Å²) in [6, 6.07) is 8.60. The highest BCUT2D eigenvalue weighted by molar-refractivity contribution is 6.07. The van der Waals surface area contributed by atoms with Crippen molar-refractivity contribution in [2.45, 2.75) is 0 Å². The van der Waals surface area contributed by atoms with E-state index in [0.717, 1.165) is 5.56 Å². The second-order valence-corrected chi connectivity index (χ2v) is 6.73. The van der Waals surface area contributed by atoms with Crippen LogP contribution in [0, 0.1) is 0 Å². The minimum Gasteiger partial charge on any atom is -0.493 e. The van der Waals surface area contributed by atoms with E-state index in [1.807, 2.05) is 0 Å². The smallest absolute Gasteiger partial charge is 0.203 e. The fourth-order valence-electron chi connectivity index (χ4n) is 3.28. The minimum absolute atomic E-state index is 0.238. The number of benzene rings is 2. The van der Waals surface area contributed by atoms with E-state index < -0.39 is 0 Å². The standard InChI is InChI=1S/C24H26N2O7/c1-28-19-9-14(10-20(29-2)23(19)32-5)17-13-16(25-26-17)7-8-18(27)15-11-21(30-3)24(33-6)22(12-15)31-4/h7-13H,1-6H3,(H,25,26)/b8-7+. The Labute approximate surface area is 191 Å². The summed E-state index contributed by atoms with van der Waals surface area (Å²) < 4.78 is 32.1. The molecule has 33 heavy (non-hydrogen) atoms. The van der Waals surface area contributed by atoms with E-state index in [4.69, 9.17) is 28.4 Å². The number of H-pyrrole nitrogens is 1. The third kappa shape index (κ3) is 4.87. The van der Waals surface area contributed by atoms with Crippen LogP contribution < -0.4 is 28.4 Å². The number of ketones is 1. The SMILES string of the molecule is COc1cc(C(=O)/C=C/c2cc(-c3cc(OC)c(OC)c(OC)c3)n[nH]2)cc(OC)c1OC. The first-order valence-electron chi connectivity index (χ1n) is 9.87. The number of nitrogens with zero attached hydrogens (tertiary/aromatic N) is 1. The zero-order valence-corrected chi connectivity index (χ0v) is 19.3. The molecule has 9 nitrogen and oxygen atoms in total. The molecular formula is C24H26N2O7. The van der Waals surface area contributed by atoms with Gasteiger partial charge in [-0.2, -0.15) is 5.10 Å². The molecule has 0 saturated heterocycles. The predicted octanol–water partition coefficient (Wildman–Crippen LogP) is 4.02. The van der Waals surface area contributed by atoms with Crippen LogP contribution in [0.15, 0.2) is 36.4 Å². The molecular weight excluding hydrogens is 428 g/mol. The van der Waals surface area contributed by atoms with Crippen molar-refractivity contribution in [2.24, 2.45) is 0 Å². The first-order valence-corrected chi connectivity index (χ1v) is 9.87.